The molecule has 4 aromatic rings. The Kier molecular flexibility index (Phi) is 5.62. The summed E-state index contributed by atoms with van der Waals surface area (Å²) in [7, 11) is 0. The molecule has 2 heterocycles. The van der Waals surface area contributed by atoms with Gasteiger partial charge in [-0.3, -0.25) is 4.98 Å². The maximum absolute atomic E-state index is 11.9. The van der Waals surface area contributed by atoms with Gasteiger partial charge in [0.1, 0.15) is 18.3 Å². The molecule has 0 saturated heterocycles. The van der Waals surface area contributed by atoms with E-state index >= 15 is 0 Å². The summed E-state index contributed by atoms with van der Waals surface area (Å²) in [5.74, 6) is -0.390. The Morgan fingerprint density at radius 2 is 1.97 bits per heavy atom. The molecular formula is C21H17BrCl2N4O. The zero-order valence-electron chi connectivity index (χ0n) is 15.4. The van der Waals surface area contributed by atoms with Gasteiger partial charge in [-0.05, 0) is 36.4 Å². The Hall–Kier alpha value is -1.99. The van der Waals surface area contributed by atoms with Crippen LogP contribution in [0, 0.1) is 0 Å². The molecule has 4 rings (SSSR count). The molecule has 8 heteroatoms. The van der Waals surface area contributed by atoms with Crippen molar-refractivity contribution in [2.75, 3.05) is 0 Å². The van der Waals surface area contributed by atoms with Gasteiger partial charge < -0.3 is 5.11 Å². The van der Waals surface area contributed by atoms with E-state index in [0.717, 1.165) is 21.1 Å². The van der Waals surface area contributed by atoms with Gasteiger partial charge in [0.15, 0.2) is 0 Å². The Balaban J connectivity index is 1.82. The topological polar surface area (TPSA) is 63.8 Å². The highest BCUT2D eigenvalue weighted by Gasteiger charge is 2.40. The van der Waals surface area contributed by atoms with E-state index in [1.807, 2.05) is 37.3 Å². The Labute approximate surface area is 186 Å². The van der Waals surface area contributed by atoms with Crippen LogP contribution in [0.5, 0.6) is 0 Å². The molecule has 1 N–H and O–H groups in total. The average molecular weight is 492 g/mol. The first-order valence-electron chi connectivity index (χ1n) is 8.93. The van der Waals surface area contributed by atoms with Gasteiger partial charge >= 0.3 is 0 Å². The van der Waals surface area contributed by atoms with E-state index in [4.69, 9.17) is 28.2 Å². The van der Waals surface area contributed by atoms with E-state index in [0.29, 0.717) is 15.6 Å². The highest BCUT2D eigenvalue weighted by molar-refractivity contribution is 9.10. The lowest BCUT2D eigenvalue weighted by Crippen LogP contribution is -2.38. The number of benzene rings is 2. The normalized spacial score (nSPS) is 14.7. The van der Waals surface area contributed by atoms with E-state index in [1.54, 1.807) is 29.2 Å². The number of pyridine rings is 1. The van der Waals surface area contributed by atoms with E-state index in [9.17, 15) is 5.11 Å². The zero-order valence-corrected chi connectivity index (χ0v) is 18.5. The summed E-state index contributed by atoms with van der Waals surface area (Å²) in [6, 6.07) is 14.9. The van der Waals surface area contributed by atoms with E-state index in [2.05, 4.69) is 26.0 Å². The first kappa shape index (κ1) is 20.3. The van der Waals surface area contributed by atoms with Crippen LogP contribution >= 0.6 is 39.1 Å². The van der Waals surface area contributed by atoms with Crippen LogP contribution in [-0.4, -0.2) is 24.9 Å². The third-order valence-corrected chi connectivity index (χ3v) is 6.14. The number of hydrogen-bond acceptors (Lipinski definition) is 4. The van der Waals surface area contributed by atoms with E-state index in [-0.39, 0.29) is 6.54 Å². The van der Waals surface area contributed by atoms with Gasteiger partial charge in [0.2, 0.25) is 0 Å². The van der Waals surface area contributed by atoms with Gasteiger partial charge in [0.25, 0.3) is 0 Å². The minimum atomic E-state index is -1.38. The molecule has 0 fully saturated rings. The smallest absolute Gasteiger partial charge is 0.137 e. The van der Waals surface area contributed by atoms with Crippen LogP contribution < -0.4 is 0 Å². The molecule has 0 aliphatic heterocycles. The van der Waals surface area contributed by atoms with Crippen molar-refractivity contribution in [1.29, 1.82) is 0 Å². The molecule has 0 bridgehead atoms. The standard InChI is InChI=1S/C21H17BrCl2N4O/c1-13(19-6-2-14-8-15(22)3-7-20(14)27-19)21(29,10-28-12-25-11-26-28)17-5-4-16(23)9-18(17)24/h2-9,11-13,29H,10H2,1H3. The zero-order chi connectivity index (χ0) is 20.6. The Morgan fingerprint density at radius 1 is 1.14 bits per heavy atom. The molecule has 2 atom stereocenters. The highest BCUT2D eigenvalue weighted by Crippen LogP contribution is 2.41. The largest absolute Gasteiger partial charge is 0.382 e. The molecule has 2 aromatic heterocycles. The molecular weight excluding hydrogens is 475 g/mol. The number of nitrogens with zero attached hydrogens (tertiary/aromatic N) is 4. The number of rotatable bonds is 5. The van der Waals surface area contributed by atoms with Crippen molar-refractivity contribution in [3.05, 3.63) is 87.0 Å². The van der Waals surface area contributed by atoms with E-state index < -0.39 is 11.5 Å². The quantitative estimate of drug-likeness (QED) is 0.395. The van der Waals surface area contributed by atoms with Crippen molar-refractivity contribution >= 4 is 50.0 Å². The fourth-order valence-corrected chi connectivity index (χ4v) is 4.41. The number of halogens is 3. The van der Waals surface area contributed by atoms with Crippen molar-refractivity contribution in [3.8, 4) is 0 Å². The van der Waals surface area contributed by atoms with Crippen LogP contribution in [0.4, 0.5) is 0 Å². The summed E-state index contributed by atoms with van der Waals surface area (Å²) >= 11 is 16.0. The summed E-state index contributed by atoms with van der Waals surface area (Å²) in [5.41, 5.74) is 0.770. The van der Waals surface area contributed by atoms with Crippen LogP contribution in [0.25, 0.3) is 10.9 Å². The first-order chi connectivity index (χ1) is 13.9. The molecule has 0 aliphatic rings. The van der Waals surface area contributed by atoms with Crippen LogP contribution in [-0.2, 0) is 12.1 Å². The van der Waals surface area contributed by atoms with Crippen molar-refractivity contribution in [3.63, 3.8) is 0 Å². The molecule has 0 radical (unpaired) electrons. The lowest BCUT2D eigenvalue weighted by atomic mass is 9.80. The minimum absolute atomic E-state index is 0.162. The number of fused-ring (bicyclic) bond motifs is 1. The fraction of sp³-hybridized carbons (Fsp3) is 0.190. The third-order valence-electron chi connectivity index (χ3n) is 5.10. The van der Waals surface area contributed by atoms with Gasteiger partial charge in [0, 0.05) is 37.1 Å². The number of aliphatic hydroxyl groups is 1. The molecule has 148 valence electrons. The van der Waals surface area contributed by atoms with Crippen molar-refractivity contribution in [2.24, 2.45) is 0 Å². The van der Waals surface area contributed by atoms with Crippen molar-refractivity contribution in [1.82, 2.24) is 19.7 Å². The molecule has 0 aliphatic carbocycles. The summed E-state index contributed by atoms with van der Waals surface area (Å²) in [6.45, 7) is 2.09. The lowest BCUT2D eigenvalue weighted by molar-refractivity contribution is -0.00894. The van der Waals surface area contributed by atoms with Crippen molar-refractivity contribution in [2.45, 2.75) is 25.0 Å². The Bertz CT molecular complexity index is 1170. The van der Waals surface area contributed by atoms with Gasteiger partial charge in [-0.25, -0.2) is 9.67 Å². The number of hydrogen-bond donors (Lipinski definition) is 1. The lowest BCUT2D eigenvalue weighted by Gasteiger charge is -2.35. The SMILES string of the molecule is CC(c1ccc2cc(Br)ccc2n1)C(O)(Cn1cncn1)c1ccc(Cl)cc1Cl. The highest BCUT2D eigenvalue weighted by atomic mass is 79.9. The minimum Gasteiger partial charge on any atom is -0.382 e. The first-order valence-corrected chi connectivity index (χ1v) is 10.5. The summed E-state index contributed by atoms with van der Waals surface area (Å²) < 4.78 is 2.57. The molecule has 2 unspecified atom stereocenters. The van der Waals surface area contributed by atoms with E-state index in [1.165, 1.54) is 6.33 Å². The summed E-state index contributed by atoms with van der Waals surface area (Å²) in [5, 5.41) is 18.0. The van der Waals surface area contributed by atoms with Crippen LogP contribution in [0.3, 0.4) is 0 Å². The molecule has 5 nitrogen and oxygen atoms in total. The molecule has 29 heavy (non-hydrogen) atoms. The van der Waals surface area contributed by atoms with Gasteiger partial charge in [0.05, 0.1) is 12.1 Å². The number of aromatic nitrogens is 4. The maximum Gasteiger partial charge on any atom is 0.137 e. The monoisotopic (exact) mass is 490 g/mol. The molecule has 2 aromatic carbocycles. The van der Waals surface area contributed by atoms with Crippen LogP contribution in [0.2, 0.25) is 10.0 Å². The molecule has 0 spiro atoms. The Morgan fingerprint density at radius 3 is 2.69 bits per heavy atom. The van der Waals surface area contributed by atoms with Gasteiger partial charge in [-0.15, -0.1) is 0 Å². The van der Waals surface area contributed by atoms with Crippen LogP contribution in [0.1, 0.15) is 24.1 Å². The predicted octanol–water partition coefficient (Wildman–Crippen LogP) is 5.59. The third kappa shape index (κ3) is 4.03. The van der Waals surface area contributed by atoms with Gasteiger partial charge in [-0.1, -0.05) is 58.2 Å². The van der Waals surface area contributed by atoms with Crippen molar-refractivity contribution < 1.29 is 5.11 Å². The summed E-state index contributed by atoms with van der Waals surface area (Å²) in [4.78, 5) is 8.77. The second-order valence-corrected chi connectivity index (χ2v) is 8.70. The van der Waals surface area contributed by atoms with Gasteiger partial charge in [-0.2, -0.15) is 5.10 Å². The second-order valence-electron chi connectivity index (χ2n) is 6.94. The maximum atomic E-state index is 11.9. The summed E-state index contributed by atoms with van der Waals surface area (Å²) in [6.07, 6.45) is 2.99. The second kappa shape index (κ2) is 8.03. The molecule has 0 amide bonds. The van der Waals surface area contributed by atoms with Crippen LogP contribution in [0.15, 0.2) is 65.7 Å². The fourth-order valence-electron chi connectivity index (χ4n) is 3.46. The molecule has 0 saturated carbocycles. The predicted molar refractivity (Wildman–Crippen MR) is 118 cm³/mol. The average Bonchev–Trinajstić information content (AvgIpc) is 3.19.